The molecule has 0 aliphatic carbocycles. The fourth-order valence-electron chi connectivity index (χ4n) is 3.31. The summed E-state index contributed by atoms with van der Waals surface area (Å²) in [5.41, 5.74) is 0.565. The highest BCUT2D eigenvalue weighted by molar-refractivity contribution is 9.10. The molecule has 4 rings (SSSR count). The number of fused-ring (bicyclic) bond motifs is 2. The third-order valence-electron chi connectivity index (χ3n) is 4.37. The highest BCUT2D eigenvalue weighted by Crippen LogP contribution is 2.37. The molecule has 2 fully saturated rings. The molecule has 2 aliphatic rings. The molecular weight excluding hydrogens is 348 g/mol. The first-order valence-electron chi connectivity index (χ1n) is 7.09. The number of nitrogens with zero attached hydrogens (tertiary/aromatic N) is 2. The lowest BCUT2D eigenvalue weighted by molar-refractivity contribution is -0.121. The molecular formula is C16H13BrN2O3. The van der Waals surface area contributed by atoms with Crippen LogP contribution in [-0.4, -0.2) is 40.6 Å². The summed E-state index contributed by atoms with van der Waals surface area (Å²) in [6.07, 6.45) is -0.319. The Hall–Kier alpha value is -1.92. The Labute approximate surface area is 135 Å². The molecule has 2 saturated heterocycles. The Morgan fingerprint density at radius 3 is 2.55 bits per heavy atom. The van der Waals surface area contributed by atoms with Crippen LogP contribution in [0.4, 0.5) is 10.5 Å². The van der Waals surface area contributed by atoms with Crippen LogP contribution >= 0.6 is 15.9 Å². The van der Waals surface area contributed by atoms with Crippen molar-refractivity contribution in [3.8, 4) is 0 Å². The monoisotopic (exact) mass is 360 g/mol. The number of halogens is 1. The first-order chi connectivity index (χ1) is 10.6. The molecule has 0 bridgehead atoms. The van der Waals surface area contributed by atoms with E-state index in [1.165, 1.54) is 9.80 Å². The molecule has 2 heterocycles. The second-order valence-electron chi connectivity index (χ2n) is 5.56. The highest BCUT2D eigenvalue weighted by Gasteiger charge is 2.52. The minimum Gasteiger partial charge on any atom is -0.390 e. The molecule has 3 amide bonds. The highest BCUT2D eigenvalue weighted by atomic mass is 79.9. The number of aliphatic hydroxyl groups is 1. The van der Waals surface area contributed by atoms with E-state index >= 15 is 0 Å². The number of urea groups is 1. The smallest absolute Gasteiger partial charge is 0.332 e. The third-order valence-corrected chi connectivity index (χ3v) is 5.06. The average Bonchev–Trinajstić information content (AvgIpc) is 3.02. The lowest BCUT2D eigenvalue weighted by atomic mass is 10.1. The van der Waals surface area contributed by atoms with Gasteiger partial charge in [-0.3, -0.25) is 4.79 Å². The van der Waals surface area contributed by atoms with Crippen LogP contribution in [0.15, 0.2) is 40.9 Å². The van der Waals surface area contributed by atoms with Crippen molar-refractivity contribution in [1.82, 2.24) is 4.90 Å². The summed E-state index contributed by atoms with van der Waals surface area (Å²) in [6, 6.07) is 10.1. The molecule has 2 aromatic rings. The van der Waals surface area contributed by atoms with Crippen LogP contribution in [0.25, 0.3) is 10.8 Å². The SMILES string of the molecule is O=C1[C@@H]2[C@H](O)CCN2C(=O)N1c1ccc(Br)c2ccccc12. The Kier molecular flexibility index (Phi) is 2.99. The predicted molar refractivity (Wildman–Crippen MR) is 85.6 cm³/mol. The van der Waals surface area contributed by atoms with E-state index < -0.39 is 12.1 Å². The summed E-state index contributed by atoms with van der Waals surface area (Å²) in [4.78, 5) is 27.9. The van der Waals surface area contributed by atoms with Crippen molar-refractivity contribution in [3.63, 3.8) is 0 Å². The molecule has 6 heteroatoms. The van der Waals surface area contributed by atoms with Gasteiger partial charge in [0, 0.05) is 16.4 Å². The number of carbonyl (C=O) groups is 2. The molecule has 0 spiro atoms. The van der Waals surface area contributed by atoms with Gasteiger partial charge in [-0.25, -0.2) is 9.69 Å². The van der Waals surface area contributed by atoms with Crippen LogP contribution < -0.4 is 4.90 Å². The largest absolute Gasteiger partial charge is 0.390 e. The molecule has 0 radical (unpaired) electrons. The third kappa shape index (κ3) is 1.74. The van der Waals surface area contributed by atoms with Gasteiger partial charge in [0.25, 0.3) is 5.91 Å². The Bertz CT molecular complexity index is 807. The van der Waals surface area contributed by atoms with Crippen LogP contribution in [0, 0.1) is 0 Å². The van der Waals surface area contributed by atoms with Gasteiger partial charge in [-0.2, -0.15) is 0 Å². The first-order valence-corrected chi connectivity index (χ1v) is 7.89. The van der Waals surface area contributed by atoms with Crippen LogP contribution in [-0.2, 0) is 4.79 Å². The summed E-state index contributed by atoms with van der Waals surface area (Å²) in [7, 11) is 0. The van der Waals surface area contributed by atoms with Crippen molar-refractivity contribution < 1.29 is 14.7 Å². The maximum atomic E-state index is 12.6. The molecule has 2 aliphatic heterocycles. The van der Waals surface area contributed by atoms with Crippen molar-refractivity contribution in [2.24, 2.45) is 0 Å². The van der Waals surface area contributed by atoms with Gasteiger partial charge < -0.3 is 10.0 Å². The standard InChI is InChI=1S/C16H13BrN2O3/c17-11-5-6-12(10-4-2-1-3-9(10)11)19-15(21)14-13(20)7-8-18(14)16(19)22/h1-6,13-14,20H,7-8H2/t13-,14+/m1/s1. The number of hydrogen-bond acceptors (Lipinski definition) is 3. The second-order valence-corrected chi connectivity index (χ2v) is 6.42. The molecule has 0 unspecified atom stereocenters. The summed E-state index contributed by atoms with van der Waals surface area (Å²) in [6.45, 7) is 0.418. The van der Waals surface area contributed by atoms with Crippen LogP contribution in [0.5, 0.6) is 0 Å². The maximum Gasteiger partial charge on any atom is 0.332 e. The fourth-order valence-corrected chi connectivity index (χ4v) is 3.78. The van der Waals surface area contributed by atoms with E-state index in [0.29, 0.717) is 18.7 Å². The number of amides is 3. The number of carbonyl (C=O) groups excluding carboxylic acids is 2. The first kappa shape index (κ1) is 13.7. The van der Waals surface area contributed by atoms with Crippen LogP contribution in [0.2, 0.25) is 0 Å². The van der Waals surface area contributed by atoms with Crippen molar-refractivity contribution in [1.29, 1.82) is 0 Å². The van der Waals surface area contributed by atoms with Crippen LogP contribution in [0.1, 0.15) is 6.42 Å². The zero-order chi connectivity index (χ0) is 15.4. The number of aliphatic hydroxyl groups excluding tert-OH is 1. The molecule has 0 saturated carbocycles. The minimum atomic E-state index is -0.775. The molecule has 2 aromatic carbocycles. The Morgan fingerprint density at radius 1 is 1.09 bits per heavy atom. The second kappa shape index (κ2) is 4.79. The minimum absolute atomic E-state index is 0.345. The number of benzene rings is 2. The topological polar surface area (TPSA) is 60.9 Å². The van der Waals surface area contributed by atoms with Crippen molar-refractivity contribution in [2.45, 2.75) is 18.6 Å². The van der Waals surface area contributed by atoms with E-state index in [9.17, 15) is 14.7 Å². The summed E-state index contributed by atoms with van der Waals surface area (Å²) in [5.74, 6) is -0.345. The van der Waals surface area contributed by atoms with E-state index in [4.69, 9.17) is 0 Å². The predicted octanol–water partition coefficient (Wildman–Crippen LogP) is 2.50. The van der Waals surface area contributed by atoms with Gasteiger partial charge in [0.15, 0.2) is 0 Å². The number of imide groups is 1. The summed E-state index contributed by atoms with van der Waals surface area (Å²) in [5, 5.41) is 11.7. The summed E-state index contributed by atoms with van der Waals surface area (Å²) < 4.78 is 0.909. The molecule has 112 valence electrons. The lowest BCUT2D eigenvalue weighted by Crippen LogP contribution is -2.36. The Balaban J connectivity index is 1.88. The molecule has 0 aromatic heterocycles. The normalized spacial score (nSPS) is 24.5. The molecule has 5 nitrogen and oxygen atoms in total. The van der Waals surface area contributed by atoms with Gasteiger partial charge >= 0.3 is 6.03 Å². The zero-order valence-corrected chi connectivity index (χ0v) is 13.2. The van der Waals surface area contributed by atoms with Crippen molar-refractivity contribution >= 4 is 44.3 Å². The van der Waals surface area contributed by atoms with E-state index in [2.05, 4.69) is 15.9 Å². The van der Waals surface area contributed by atoms with E-state index in [-0.39, 0.29) is 11.9 Å². The number of anilines is 1. The van der Waals surface area contributed by atoms with Gasteiger partial charge in [0.1, 0.15) is 6.04 Å². The molecule has 1 N–H and O–H groups in total. The van der Waals surface area contributed by atoms with E-state index in [1.54, 1.807) is 6.07 Å². The van der Waals surface area contributed by atoms with Crippen molar-refractivity contribution in [2.75, 3.05) is 11.4 Å². The maximum absolute atomic E-state index is 12.6. The molecule has 2 atom stereocenters. The van der Waals surface area contributed by atoms with Gasteiger partial charge in [0.2, 0.25) is 0 Å². The van der Waals surface area contributed by atoms with Gasteiger partial charge in [-0.15, -0.1) is 0 Å². The molecule has 22 heavy (non-hydrogen) atoms. The van der Waals surface area contributed by atoms with E-state index in [0.717, 1.165) is 15.2 Å². The zero-order valence-electron chi connectivity index (χ0n) is 11.6. The van der Waals surface area contributed by atoms with Gasteiger partial charge in [-0.1, -0.05) is 40.2 Å². The fraction of sp³-hybridized carbons (Fsp3) is 0.250. The number of hydrogen-bond donors (Lipinski definition) is 1. The van der Waals surface area contributed by atoms with Crippen molar-refractivity contribution in [3.05, 3.63) is 40.9 Å². The Morgan fingerprint density at radius 2 is 1.82 bits per heavy atom. The van der Waals surface area contributed by atoms with Gasteiger partial charge in [0.05, 0.1) is 11.8 Å². The quantitative estimate of drug-likeness (QED) is 0.794. The number of rotatable bonds is 1. The van der Waals surface area contributed by atoms with Gasteiger partial charge in [-0.05, 0) is 23.9 Å². The summed E-state index contributed by atoms with van der Waals surface area (Å²) >= 11 is 3.49. The van der Waals surface area contributed by atoms with E-state index in [1.807, 2.05) is 30.3 Å². The van der Waals surface area contributed by atoms with Crippen LogP contribution in [0.3, 0.4) is 0 Å². The lowest BCUT2D eigenvalue weighted by Gasteiger charge is -2.18. The average molecular weight is 361 g/mol.